The summed E-state index contributed by atoms with van der Waals surface area (Å²) in [7, 11) is 1.98. The zero-order valence-electron chi connectivity index (χ0n) is 7.00. The molecule has 0 aliphatic heterocycles. The molecule has 3 heteroatoms. The third-order valence-corrected chi connectivity index (χ3v) is 1.53. The molecule has 0 aliphatic rings. The molecule has 0 N–H and O–H groups in total. The van der Waals surface area contributed by atoms with Gasteiger partial charge in [-0.05, 0) is 12.5 Å². The van der Waals surface area contributed by atoms with Gasteiger partial charge in [0.25, 0.3) is 0 Å². The minimum Gasteiger partial charge on any atom is -1.00 e. The normalized spacial score (nSPS) is 8.33. The molecule has 1 heterocycles. The molecule has 0 saturated carbocycles. The highest BCUT2D eigenvalue weighted by Gasteiger charge is 1.96. The van der Waals surface area contributed by atoms with Crippen molar-refractivity contribution >= 4 is 0 Å². The van der Waals surface area contributed by atoms with E-state index in [1.807, 2.05) is 36.1 Å². The number of hydrogen-bond donors (Lipinski definition) is 0. The number of pyridine rings is 1. The Hall–Kier alpha value is -0.630. The first-order valence-corrected chi connectivity index (χ1v) is 3.64. The SMILES string of the molecule is C[n+]1cccc(CCC#N)c1.[I-]. The lowest BCUT2D eigenvalue weighted by Gasteiger charge is -1.92. The van der Waals surface area contributed by atoms with Crippen LogP contribution in [0.3, 0.4) is 0 Å². The summed E-state index contributed by atoms with van der Waals surface area (Å²) < 4.78 is 1.99. The molecule has 0 fully saturated rings. The summed E-state index contributed by atoms with van der Waals surface area (Å²) in [4.78, 5) is 0. The van der Waals surface area contributed by atoms with Gasteiger partial charge in [-0.3, -0.25) is 0 Å². The van der Waals surface area contributed by atoms with Crippen LogP contribution in [0.4, 0.5) is 0 Å². The van der Waals surface area contributed by atoms with Crippen LogP contribution in [0.15, 0.2) is 24.5 Å². The molecule has 0 spiro atoms. The molecule has 2 nitrogen and oxygen atoms in total. The fraction of sp³-hybridized carbons (Fsp3) is 0.333. The maximum Gasteiger partial charge on any atom is 0.171 e. The number of rotatable bonds is 2. The Bertz CT molecular complexity index is 278. The maximum absolute atomic E-state index is 8.34. The predicted molar refractivity (Wildman–Crippen MR) is 41.6 cm³/mol. The Morgan fingerprint density at radius 1 is 1.58 bits per heavy atom. The van der Waals surface area contributed by atoms with Crippen molar-refractivity contribution in [3.8, 4) is 6.07 Å². The smallest absolute Gasteiger partial charge is 0.171 e. The summed E-state index contributed by atoms with van der Waals surface area (Å²) in [5.74, 6) is 0. The molecule has 12 heavy (non-hydrogen) atoms. The lowest BCUT2D eigenvalue weighted by molar-refractivity contribution is -0.671. The van der Waals surface area contributed by atoms with Gasteiger partial charge in [0.1, 0.15) is 7.05 Å². The van der Waals surface area contributed by atoms with E-state index in [1.165, 1.54) is 5.56 Å². The van der Waals surface area contributed by atoms with Crippen molar-refractivity contribution in [1.29, 1.82) is 5.26 Å². The van der Waals surface area contributed by atoms with E-state index >= 15 is 0 Å². The highest BCUT2D eigenvalue weighted by molar-refractivity contribution is 5.06. The fourth-order valence-corrected chi connectivity index (χ4v) is 0.998. The van der Waals surface area contributed by atoms with Crippen LogP contribution in [0.5, 0.6) is 0 Å². The first kappa shape index (κ1) is 11.4. The van der Waals surface area contributed by atoms with Crippen molar-refractivity contribution in [2.24, 2.45) is 7.05 Å². The summed E-state index contributed by atoms with van der Waals surface area (Å²) in [6.07, 6.45) is 5.47. The third-order valence-electron chi connectivity index (χ3n) is 1.53. The molecule has 0 atom stereocenters. The van der Waals surface area contributed by atoms with Crippen LogP contribution in [0.25, 0.3) is 0 Å². The van der Waals surface area contributed by atoms with Crippen LogP contribution in [0.2, 0.25) is 0 Å². The second kappa shape index (κ2) is 5.95. The zero-order chi connectivity index (χ0) is 8.10. The molecule has 0 aromatic carbocycles. The summed E-state index contributed by atoms with van der Waals surface area (Å²) in [5, 5.41) is 8.34. The highest BCUT2D eigenvalue weighted by Crippen LogP contribution is 1.97. The number of nitrogens with zero attached hydrogens (tertiary/aromatic N) is 2. The number of halogens is 1. The number of hydrogen-bond acceptors (Lipinski definition) is 1. The zero-order valence-corrected chi connectivity index (χ0v) is 9.15. The van der Waals surface area contributed by atoms with Gasteiger partial charge in [0, 0.05) is 18.1 Å². The van der Waals surface area contributed by atoms with Gasteiger partial charge in [-0.2, -0.15) is 5.26 Å². The Morgan fingerprint density at radius 3 is 2.92 bits per heavy atom. The van der Waals surface area contributed by atoms with E-state index in [0.717, 1.165) is 6.42 Å². The van der Waals surface area contributed by atoms with Crippen LogP contribution in [0, 0.1) is 11.3 Å². The second-order valence-electron chi connectivity index (χ2n) is 2.54. The van der Waals surface area contributed by atoms with Gasteiger partial charge in [0.15, 0.2) is 12.4 Å². The van der Waals surface area contributed by atoms with E-state index in [0.29, 0.717) is 6.42 Å². The van der Waals surface area contributed by atoms with Gasteiger partial charge >= 0.3 is 0 Å². The predicted octanol–water partition coefficient (Wildman–Crippen LogP) is -2.03. The standard InChI is InChI=1S/C9H11N2.HI/c1-11-7-3-5-9(8-11)4-2-6-10;/h3,5,7-8H,2,4H2,1H3;1H/q+1;/p-1. The van der Waals surface area contributed by atoms with Crippen molar-refractivity contribution in [1.82, 2.24) is 0 Å². The minimum atomic E-state index is 0. The maximum atomic E-state index is 8.34. The van der Waals surface area contributed by atoms with Crippen molar-refractivity contribution < 1.29 is 28.5 Å². The largest absolute Gasteiger partial charge is 1.00 e. The third kappa shape index (κ3) is 3.67. The molecule has 0 saturated heterocycles. The number of nitriles is 1. The van der Waals surface area contributed by atoms with Crippen LogP contribution in [-0.2, 0) is 13.5 Å². The van der Waals surface area contributed by atoms with Gasteiger partial charge in [-0.1, -0.05) is 0 Å². The second-order valence-corrected chi connectivity index (χ2v) is 2.54. The minimum absolute atomic E-state index is 0. The molecule has 0 radical (unpaired) electrons. The van der Waals surface area contributed by atoms with Crippen molar-refractivity contribution in [3.63, 3.8) is 0 Å². The van der Waals surface area contributed by atoms with E-state index < -0.39 is 0 Å². The van der Waals surface area contributed by atoms with Crippen molar-refractivity contribution in [3.05, 3.63) is 30.1 Å². The highest BCUT2D eigenvalue weighted by atomic mass is 127. The van der Waals surface area contributed by atoms with Gasteiger partial charge in [-0.15, -0.1) is 0 Å². The molecule has 0 bridgehead atoms. The van der Waals surface area contributed by atoms with E-state index in [4.69, 9.17) is 5.26 Å². The van der Waals surface area contributed by atoms with Crippen LogP contribution in [0.1, 0.15) is 12.0 Å². The summed E-state index contributed by atoms with van der Waals surface area (Å²) in [6, 6.07) is 6.16. The van der Waals surface area contributed by atoms with Gasteiger partial charge < -0.3 is 24.0 Å². The fourth-order valence-electron chi connectivity index (χ4n) is 0.998. The molecule has 1 aromatic heterocycles. The first-order valence-electron chi connectivity index (χ1n) is 3.64. The van der Waals surface area contributed by atoms with E-state index in [1.54, 1.807) is 0 Å². The molecule has 0 amide bonds. The molecule has 0 aliphatic carbocycles. The first-order chi connectivity index (χ1) is 5.33. The van der Waals surface area contributed by atoms with Crippen molar-refractivity contribution in [2.75, 3.05) is 0 Å². The molecule has 64 valence electrons. The average Bonchev–Trinajstić information content (AvgIpc) is 2.01. The van der Waals surface area contributed by atoms with Gasteiger partial charge in [-0.25, -0.2) is 4.57 Å². The number of aryl methyl sites for hydroxylation is 2. The van der Waals surface area contributed by atoms with E-state index in [2.05, 4.69) is 6.07 Å². The van der Waals surface area contributed by atoms with Gasteiger partial charge in [0.05, 0.1) is 6.07 Å². The van der Waals surface area contributed by atoms with Crippen LogP contribution in [-0.4, -0.2) is 0 Å². The molecule has 1 aromatic rings. The topological polar surface area (TPSA) is 27.7 Å². The molecule has 1 rings (SSSR count). The Kier molecular flexibility index (Phi) is 5.64. The Morgan fingerprint density at radius 2 is 2.33 bits per heavy atom. The van der Waals surface area contributed by atoms with E-state index in [-0.39, 0.29) is 24.0 Å². The van der Waals surface area contributed by atoms with Crippen molar-refractivity contribution in [2.45, 2.75) is 12.8 Å². The summed E-state index contributed by atoms with van der Waals surface area (Å²) in [6.45, 7) is 0. The average molecular weight is 274 g/mol. The summed E-state index contributed by atoms with van der Waals surface area (Å²) >= 11 is 0. The Labute approximate surface area is 89.9 Å². The monoisotopic (exact) mass is 274 g/mol. The Balaban J connectivity index is 0.00000121. The summed E-state index contributed by atoms with van der Waals surface area (Å²) in [5.41, 5.74) is 1.22. The molecular formula is C9H11IN2. The van der Waals surface area contributed by atoms with Crippen LogP contribution < -0.4 is 28.5 Å². The number of aromatic nitrogens is 1. The lowest BCUT2D eigenvalue weighted by atomic mass is 10.2. The quantitative estimate of drug-likeness (QED) is 0.451. The van der Waals surface area contributed by atoms with E-state index in [9.17, 15) is 0 Å². The molecular weight excluding hydrogens is 263 g/mol. The molecule has 0 unspecified atom stereocenters. The van der Waals surface area contributed by atoms with Crippen LogP contribution >= 0.6 is 0 Å². The van der Waals surface area contributed by atoms with Gasteiger partial charge in [0.2, 0.25) is 0 Å². The lowest BCUT2D eigenvalue weighted by Crippen LogP contribution is -3.00.